The zero-order chi connectivity index (χ0) is 13.5. The standard InChI is InChI=1S/C14H19N3O2/c1-2-6-12(15)14-16-13(17-19-14)9-10-18-11-7-4-3-5-8-11/h3-5,7-8,12H,2,6,9-10,15H2,1H3/t12-/m0/s1. The molecular formula is C14H19N3O2. The second-order valence-electron chi connectivity index (χ2n) is 4.36. The van der Waals surface area contributed by atoms with Crippen LogP contribution >= 0.6 is 0 Å². The lowest BCUT2D eigenvalue weighted by molar-refractivity contribution is 0.311. The summed E-state index contributed by atoms with van der Waals surface area (Å²) in [7, 11) is 0. The molecule has 0 radical (unpaired) electrons. The van der Waals surface area contributed by atoms with Crippen molar-refractivity contribution < 1.29 is 9.26 Å². The van der Waals surface area contributed by atoms with Gasteiger partial charge in [-0.25, -0.2) is 0 Å². The Balaban J connectivity index is 1.80. The summed E-state index contributed by atoms with van der Waals surface area (Å²) < 4.78 is 10.7. The average Bonchev–Trinajstić information content (AvgIpc) is 2.89. The highest BCUT2D eigenvalue weighted by Gasteiger charge is 2.13. The topological polar surface area (TPSA) is 74.2 Å². The number of hydrogen-bond acceptors (Lipinski definition) is 5. The average molecular weight is 261 g/mol. The van der Waals surface area contributed by atoms with Gasteiger partial charge < -0.3 is 15.0 Å². The van der Waals surface area contributed by atoms with Crippen LogP contribution in [0.2, 0.25) is 0 Å². The molecule has 5 nitrogen and oxygen atoms in total. The zero-order valence-corrected chi connectivity index (χ0v) is 11.1. The van der Waals surface area contributed by atoms with Gasteiger partial charge in [-0.2, -0.15) is 4.98 Å². The van der Waals surface area contributed by atoms with E-state index in [1.54, 1.807) is 0 Å². The maximum Gasteiger partial charge on any atom is 0.243 e. The van der Waals surface area contributed by atoms with Gasteiger partial charge in [-0.1, -0.05) is 36.7 Å². The van der Waals surface area contributed by atoms with Crippen LogP contribution in [0, 0.1) is 0 Å². The molecule has 0 saturated heterocycles. The van der Waals surface area contributed by atoms with Gasteiger partial charge in [0.15, 0.2) is 5.82 Å². The molecule has 0 aliphatic rings. The van der Waals surface area contributed by atoms with Crippen molar-refractivity contribution in [2.24, 2.45) is 5.73 Å². The second kappa shape index (κ2) is 6.89. The molecule has 0 bridgehead atoms. The third-order valence-corrected chi connectivity index (χ3v) is 2.74. The minimum atomic E-state index is -0.165. The van der Waals surface area contributed by atoms with E-state index in [0.29, 0.717) is 24.7 Å². The van der Waals surface area contributed by atoms with Crippen LogP contribution in [-0.4, -0.2) is 16.7 Å². The minimum Gasteiger partial charge on any atom is -0.493 e. The number of ether oxygens (including phenoxy) is 1. The molecule has 2 rings (SSSR count). The lowest BCUT2D eigenvalue weighted by Crippen LogP contribution is -2.10. The van der Waals surface area contributed by atoms with Gasteiger partial charge in [0.2, 0.25) is 5.89 Å². The number of para-hydroxylation sites is 1. The summed E-state index contributed by atoms with van der Waals surface area (Å²) in [5.74, 6) is 1.99. The first kappa shape index (κ1) is 13.5. The van der Waals surface area contributed by atoms with Gasteiger partial charge in [-0.15, -0.1) is 0 Å². The Kier molecular flexibility index (Phi) is 4.92. The molecule has 0 unspecified atom stereocenters. The Morgan fingerprint density at radius 1 is 1.32 bits per heavy atom. The van der Waals surface area contributed by atoms with Crippen molar-refractivity contribution in [1.29, 1.82) is 0 Å². The third kappa shape index (κ3) is 4.06. The van der Waals surface area contributed by atoms with E-state index in [-0.39, 0.29) is 6.04 Å². The number of benzene rings is 1. The first-order chi connectivity index (χ1) is 9.29. The summed E-state index contributed by atoms with van der Waals surface area (Å²) in [5.41, 5.74) is 5.91. The fourth-order valence-electron chi connectivity index (χ4n) is 1.73. The minimum absolute atomic E-state index is 0.165. The number of hydrogen-bond donors (Lipinski definition) is 1. The number of nitrogens with two attached hydrogens (primary N) is 1. The van der Waals surface area contributed by atoms with Gasteiger partial charge in [0.1, 0.15) is 5.75 Å². The highest BCUT2D eigenvalue weighted by molar-refractivity contribution is 5.20. The Bertz CT molecular complexity index is 484. The normalized spacial score (nSPS) is 12.3. The second-order valence-corrected chi connectivity index (χ2v) is 4.36. The Labute approximate surface area is 112 Å². The van der Waals surface area contributed by atoms with Crippen LogP contribution in [0.15, 0.2) is 34.9 Å². The van der Waals surface area contributed by atoms with E-state index < -0.39 is 0 Å². The van der Waals surface area contributed by atoms with E-state index in [9.17, 15) is 0 Å². The van der Waals surface area contributed by atoms with Crippen molar-refractivity contribution in [3.63, 3.8) is 0 Å². The highest BCUT2D eigenvalue weighted by atomic mass is 16.5. The van der Waals surface area contributed by atoms with Crippen LogP contribution < -0.4 is 10.5 Å². The van der Waals surface area contributed by atoms with Gasteiger partial charge in [0.05, 0.1) is 12.6 Å². The van der Waals surface area contributed by atoms with E-state index in [4.69, 9.17) is 15.0 Å². The molecule has 0 spiro atoms. The van der Waals surface area contributed by atoms with E-state index >= 15 is 0 Å². The summed E-state index contributed by atoms with van der Waals surface area (Å²) in [6, 6.07) is 9.49. The number of rotatable bonds is 7. The van der Waals surface area contributed by atoms with E-state index in [2.05, 4.69) is 17.1 Å². The van der Waals surface area contributed by atoms with Crippen molar-refractivity contribution in [2.45, 2.75) is 32.2 Å². The van der Waals surface area contributed by atoms with Gasteiger partial charge in [0.25, 0.3) is 0 Å². The Hall–Kier alpha value is -1.88. The molecule has 102 valence electrons. The van der Waals surface area contributed by atoms with Crippen molar-refractivity contribution in [1.82, 2.24) is 10.1 Å². The number of nitrogens with zero attached hydrogens (tertiary/aromatic N) is 2. The lowest BCUT2D eigenvalue weighted by Gasteiger charge is -2.03. The van der Waals surface area contributed by atoms with Crippen LogP contribution in [0.3, 0.4) is 0 Å². The maximum atomic E-state index is 5.91. The molecule has 19 heavy (non-hydrogen) atoms. The summed E-state index contributed by atoms with van der Waals surface area (Å²) in [4.78, 5) is 4.28. The number of aromatic nitrogens is 2. The van der Waals surface area contributed by atoms with Crippen molar-refractivity contribution in [2.75, 3.05) is 6.61 Å². The third-order valence-electron chi connectivity index (χ3n) is 2.74. The SMILES string of the molecule is CCC[C@H](N)c1nc(CCOc2ccccc2)no1. The van der Waals surface area contributed by atoms with Crippen LogP contribution in [0.5, 0.6) is 5.75 Å². The Morgan fingerprint density at radius 2 is 2.11 bits per heavy atom. The molecule has 0 saturated carbocycles. The molecule has 0 fully saturated rings. The Morgan fingerprint density at radius 3 is 2.84 bits per heavy atom. The van der Waals surface area contributed by atoms with Crippen LogP contribution in [-0.2, 0) is 6.42 Å². The zero-order valence-electron chi connectivity index (χ0n) is 11.1. The van der Waals surface area contributed by atoms with Gasteiger partial charge in [-0.05, 0) is 18.6 Å². The van der Waals surface area contributed by atoms with Gasteiger partial charge >= 0.3 is 0 Å². The highest BCUT2D eigenvalue weighted by Crippen LogP contribution is 2.13. The van der Waals surface area contributed by atoms with Crippen LogP contribution in [0.4, 0.5) is 0 Å². The molecule has 1 atom stereocenters. The quantitative estimate of drug-likeness (QED) is 0.828. The van der Waals surface area contributed by atoms with E-state index in [0.717, 1.165) is 18.6 Å². The summed E-state index contributed by atoms with van der Waals surface area (Å²) >= 11 is 0. The van der Waals surface area contributed by atoms with Crippen LogP contribution in [0.1, 0.15) is 37.5 Å². The fraction of sp³-hybridized carbons (Fsp3) is 0.429. The molecule has 1 aromatic carbocycles. The largest absolute Gasteiger partial charge is 0.493 e. The van der Waals surface area contributed by atoms with Crippen molar-refractivity contribution in [3.8, 4) is 5.75 Å². The molecule has 0 amide bonds. The smallest absolute Gasteiger partial charge is 0.243 e. The molecule has 2 N–H and O–H groups in total. The van der Waals surface area contributed by atoms with Gasteiger partial charge in [-0.3, -0.25) is 0 Å². The van der Waals surface area contributed by atoms with Crippen LogP contribution in [0.25, 0.3) is 0 Å². The molecule has 1 aromatic heterocycles. The predicted octanol–water partition coefficient (Wildman–Crippen LogP) is 2.49. The molecule has 1 heterocycles. The van der Waals surface area contributed by atoms with Crippen molar-refractivity contribution in [3.05, 3.63) is 42.0 Å². The first-order valence-corrected chi connectivity index (χ1v) is 6.55. The van der Waals surface area contributed by atoms with Crippen molar-refractivity contribution >= 4 is 0 Å². The van der Waals surface area contributed by atoms with E-state index in [1.165, 1.54) is 0 Å². The summed E-state index contributed by atoms with van der Waals surface area (Å²) in [6.07, 6.45) is 2.45. The lowest BCUT2D eigenvalue weighted by atomic mass is 10.2. The van der Waals surface area contributed by atoms with E-state index in [1.807, 2.05) is 30.3 Å². The first-order valence-electron chi connectivity index (χ1n) is 6.55. The summed E-state index contributed by atoms with van der Waals surface area (Å²) in [6.45, 7) is 2.59. The summed E-state index contributed by atoms with van der Waals surface area (Å²) in [5, 5.41) is 3.90. The molecule has 0 aliphatic carbocycles. The molecule has 2 aromatic rings. The fourth-order valence-corrected chi connectivity index (χ4v) is 1.73. The van der Waals surface area contributed by atoms with Gasteiger partial charge in [0, 0.05) is 6.42 Å². The molecule has 5 heteroatoms. The maximum absolute atomic E-state index is 5.91. The monoisotopic (exact) mass is 261 g/mol. The molecule has 0 aliphatic heterocycles. The molecular weight excluding hydrogens is 242 g/mol. The predicted molar refractivity (Wildman–Crippen MR) is 71.8 cm³/mol.